The smallest absolute Gasteiger partial charge is 0.240 e. The molecule has 8 heteroatoms. The molecule has 0 aliphatic rings. The minimum atomic E-state index is 0.340. The van der Waals surface area contributed by atoms with E-state index < -0.39 is 0 Å². The quantitative estimate of drug-likeness (QED) is 0.500. The van der Waals surface area contributed by atoms with Crippen molar-refractivity contribution in [3.05, 3.63) is 39.7 Å². The monoisotopic (exact) mass is 325 g/mol. The van der Waals surface area contributed by atoms with Crippen molar-refractivity contribution in [2.24, 2.45) is 5.84 Å². The van der Waals surface area contributed by atoms with Gasteiger partial charge in [0.15, 0.2) is 0 Å². The molecule has 0 unspecified atom stereocenters. The third-order valence-electron chi connectivity index (χ3n) is 2.64. The molecule has 3 rings (SSSR count). The van der Waals surface area contributed by atoms with Crippen molar-refractivity contribution in [3.8, 4) is 0 Å². The van der Waals surface area contributed by atoms with Crippen LogP contribution >= 0.6 is 34.5 Å². The lowest BCUT2D eigenvalue weighted by Gasteiger charge is -2.10. The maximum atomic E-state index is 6.15. The number of nitrogens with one attached hydrogen (secondary N) is 2. The SMILES string of the molecule is NNc1nc(Nc2ccc(Cl)cc2Cl)c2ccsc2n1. The number of nitrogens with two attached hydrogens (primary N) is 1. The van der Waals surface area contributed by atoms with Crippen LogP contribution in [0, 0.1) is 0 Å². The molecule has 102 valence electrons. The molecule has 1 aromatic carbocycles. The zero-order valence-electron chi connectivity index (χ0n) is 10.0. The van der Waals surface area contributed by atoms with Gasteiger partial charge in [0.25, 0.3) is 0 Å². The summed E-state index contributed by atoms with van der Waals surface area (Å²) < 4.78 is 0. The first-order valence-electron chi connectivity index (χ1n) is 5.61. The average Bonchev–Trinajstić information content (AvgIpc) is 2.90. The molecule has 0 saturated heterocycles. The molecule has 0 saturated carbocycles. The Balaban J connectivity index is 2.07. The molecule has 3 aromatic rings. The van der Waals surface area contributed by atoms with Gasteiger partial charge in [-0.3, -0.25) is 5.43 Å². The van der Waals surface area contributed by atoms with E-state index in [2.05, 4.69) is 20.7 Å². The number of rotatable bonds is 3. The Kier molecular flexibility index (Phi) is 3.62. The Bertz CT molecular complexity index is 774. The van der Waals surface area contributed by atoms with Crippen molar-refractivity contribution in [1.82, 2.24) is 9.97 Å². The van der Waals surface area contributed by atoms with E-state index in [4.69, 9.17) is 29.0 Å². The summed E-state index contributed by atoms with van der Waals surface area (Å²) in [5.74, 6) is 6.35. The van der Waals surface area contributed by atoms with Crippen molar-refractivity contribution >= 4 is 62.2 Å². The number of anilines is 3. The van der Waals surface area contributed by atoms with Crippen molar-refractivity contribution < 1.29 is 0 Å². The van der Waals surface area contributed by atoms with Crippen LogP contribution in [-0.2, 0) is 0 Å². The number of nitrogens with zero attached hydrogens (tertiary/aromatic N) is 2. The predicted octanol–water partition coefficient (Wildman–Crippen LogP) is 4.03. The Labute approximate surface area is 128 Å². The normalized spacial score (nSPS) is 10.8. The van der Waals surface area contributed by atoms with E-state index in [9.17, 15) is 0 Å². The molecule has 0 aliphatic carbocycles. The number of aromatic nitrogens is 2. The van der Waals surface area contributed by atoms with Crippen molar-refractivity contribution in [1.29, 1.82) is 0 Å². The number of thiophene rings is 1. The molecule has 0 atom stereocenters. The number of halogens is 2. The van der Waals surface area contributed by atoms with Crippen molar-refractivity contribution in [2.45, 2.75) is 0 Å². The maximum absolute atomic E-state index is 6.15. The molecule has 0 aliphatic heterocycles. The van der Waals surface area contributed by atoms with Crippen LogP contribution in [0.1, 0.15) is 0 Å². The number of hydrazine groups is 1. The fraction of sp³-hybridized carbons (Fsp3) is 0. The van der Waals surface area contributed by atoms with Gasteiger partial charge >= 0.3 is 0 Å². The molecular formula is C12H9Cl2N5S. The Morgan fingerprint density at radius 2 is 2.00 bits per heavy atom. The van der Waals surface area contributed by atoms with Gasteiger partial charge in [0.1, 0.15) is 10.6 Å². The van der Waals surface area contributed by atoms with E-state index in [0.717, 1.165) is 10.2 Å². The third kappa shape index (κ3) is 2.51. The summed E-state index contributed by atoms with van der Waals surface area (Å²) >= 11 is 13.5. The van der Waals surface area contributed by atoms with E-state index in [1.54, 1.807) is 18.2 Å². The Hall–Kier alpha value is -1.60. The molecule has 0 fully saturated rings. The van der Waals surface area contributed by atoms with Crippen molar-refractivity contribution in [2.75, 3.05) is 10.7 Å². The van der Waals surface area contributed by atoms with E-state index >= 15 is 0 Å². The lowest BCUT2D eigenvalue weighted by atomic mass is 10.3. The zero-order chi connectivity index (χ0) is 14.1. The summed E-state index contributed by atoms with van der Waals surface area (Å²) in [7, 11) is 0. The summed E-state index contributed by atoms with van der Waals surface area (Å²) in [5, 5.41) is 7.11. The third-order valence-corrected chi connectivity index (χ3v) is 3.99. The predicted molar refractivity (Wildman–Crippen MR) is 85.0 cm³/mol. The second-order valence-electron chi connectivity index (χ2n) is 3.93. The highest BCUT2D eigenvalue weighted by Crippen LogP contribution is 2.32. The van der Waals surface area contributed by atoms with Gasteiger partial charge in [-0.15, -0.1) is 11.3 Å². The van der Waals surface area contributed by atoms with Crippen LogP contribution in [0.25, 0.3) is 10.2 Å². The molecule has 0 spiro atoms. The van der Waals surface area contributed by atoms with Crippen LogP contribution in [0.3, 0.4) is 0 Å². The highest BCUT2D eigenvalue weighted by Gasteiger charge is 2.10. The first-order valence-corrected chi connectivity index (χ1v) is 7.25. The van der Waals surface area contributed by atoms with Crippen LogP contribution < -0.4 is 16.6 Å². The second-order valence-corrected chi connectivity index (χ2v) is 5.67. The van der Waals surface area contributed by atoms with Crippen LogP contribution in [0.2, 0.25) is 10.0 Å². The van der Waals surface area contributed by atoms with Gasteiger partial charge in [-0.25, -0.2) is 10.8 Å². The number of benzene rings is 1. The van der Waals surface area contributed by atoms with Gasteiger partial charge in [-0.05, 0) is 29.6 Å². The number of fused-ring (bicyclic) bond motifs is 1. The second kappa shape index (κ2) is 5.41. The van der Waals surface area contributed by atoms with Gasteiger partial charge in [0, 0.05) is 5.02 Å². The number of hydrogen-bond acceptors (Lipinski definition) is 6. The van der Waals surface area contributed by atoms with Crippen molar-refractivity contribution in [3.63, 3.8) is 0 Å². The highest BCUT2D eigenvalue weighted by molar-refractivity contribution is 7.16. The van der Waals surface area contributed by atoms with E-state index in [1.807, 2.05) is 11.4 Å². The van der Waals surface area contributed by atoms with Crippen LogP contribution in [0.5, 0.6) is 0 Å². The lowest BCUT2D eigenvalue weighted by Crippen LogP contribution is -2.11. The fourth-order valence-electron chi connectivity index (χ4n) is 1.73. The summed E-state index contributed by atoms with van der Waals surface area (Å²) in [6.07, 6.45) is 0. The minimum Gasteiger partial charge on any atom is -0.338 e. The number of hydrogen-bond donors (Lipinski definition) is 3. The van der Waals surface area contributed by atoms with E-state index in [-0.39, 0.29) is 0 Å². The Morgan fingerprint density at radius 1 is 1.15 bits per heavy atom. The summed E-state index contributed by atoms with van der Waals surface area (Å²) in [4.78, 5) is 9.41. The first-order chi connectivity index (χ1) is 9.67. The standard InChI is InChI=1S/C12H9Cl2N5S/c13-6-1-2-9(8(14)5-6)16-10-7-3-4-20-11(7)18-12(17-10)19-15/h1-5H,15H2,(H2,16,17,18,19). The highest BCUT2D eigenvalue weighted by atomic mass is 35.5. The minimum absolute atomic E-state index is 0.340. The molecule has 20 heavy (non-hydrogen) atoms. The summed E-state index contributed by atoms with van der Waals surface area (Å²) in [6.45, 7) is 0. The topological polar surface area (TPSA) is 75.9 Å². The summed E-state index contributed by atoms with van der Waals surface area (Å²) in [6, 6.07) is 7.15. The molecule has 0 bridgehead atoms. The molecule has 5 nitrogen and oxygen atoms in total. The molecular weight excluding hydrogens is 317 g/mol. The Morgan fingerprint density at radius 3 is 2.75 bits per heavy atom. The van der Waals surface area contributed by atoms with Crippen LogP contribution in [0.15, 0.2) is 29.6 Å². The van der Waals surface area contributed by atoms with Gasteiger partial charge in [-0.1, -0.05) is 23.2 Å². The molecule has 0 amide bonds. The largest absolute Gasteiger partial charge is 0.338 e. The van der Waals surface area contributed by atoms with Gasteiger partial charge in [0.05, 0.1) is 16.1 Å². The fourth-order valence-corrected chi connectivity index (χ4v) is 2.95. The number of nitrogen functional groups attached to an aromatic ring is 1. The van der Waals surface area contributed by atoms with E-state index in [1.165, 1.54) is 11.3 Å². The summed E-state index contributed by atoms with van der Waals surface area (Å²) in [5.41, 5.74) is 3.16. The van der Waals surface area contributed by atoms with Gasteiger partial charge in [0.2, 0.25) is 5.95 Å². The van der Waals surface area contributed by atoms with Gasteiger partial charge in [-0.2, -0.15) is 4.98 Å². The zero-order valence-corrected chi connectivity index (χ0v) is 12.4. The first kappa shape index (κ1) is 13.4. The average molecular weight is 326 g/mol. The van der Waals surface area contributed by atoms with Crippen LogP contribution in [-0.4, -0.2) is 9.97 Å². The van der Waals surface area contributed by atoms with Gasteiger partial charge < -0.3 is 5.32 Å². The molecule has 2 aromatic heterocycles. The molecule has 4 N–H and O–H groups in total. The van der Waals surface area contributed by atoms with E-state index in [0.29, 0.717) is 27.5 Å². The van der Waals surface area contributed by atoms with Crippen LogP contribution in [0.4, 0.5) is 17.5 Å². The molecule has 2 heterocycles. The molecule has 0 radical (unpaired) electrons. The lowest BCUT2D eigenvalue weighted by molar-refractivity contribution is 1.16. The maximum Gasteiger partial charge on any atom is 0.240 e.